The minimum atomic E-state index is 0. The summed E-state index contributed by atoms with van der Waals surface area (Å²) in [5.74, 6) is 1.51. The fraction of sp³-hybridized carbons (Fsp3) is 0.455. The third-order valence-electron chi connectivity index (χ3n) is 1.55. The summed E-state index contributed by atoms with van der Waals surface area (Å²) in [6, 6.07) is 3.91. The first-order valence-electron chi connectivity index (χ1n) is 4.49. The van der Waals surface area contributed by atoms with Crippen LogP contribution in [0.3, 0.4) is 0 Å². The van der Waals surface area contributed by atoms with Crippen molar-refractivity contribution in [2.75, 3.05) is 0 Å². The molecule has 1 unspecified atom stereocenters. The second kappa shape index (κ2) is 12.3. The molecular formula is C11H22O2S. The van der Waals surface area contributed by atoms with E-state index in [1.54, 1.807) is 6.26 Å². The van der Waals surface area contributed by atoms with Gasteiger partial charge in [0.25, 0.3) is 0 Å². The Balaban J connectivity index is -0.000000284. The van der Waals surface area contributed by atoms with Crippen LogP contribution in [0.1, 0.15) is 38.9 Å². The first kappa shape index (κ1) is 19.0. The molecular weight excluding hydrogens is 196 g/mol. The van der Waals surface area contributed by atoms with Gasteiger partial charge in [0.05, 0.1) is 6.26 Å². The topological polar surface area (TPSA) is 44.6 Å². The first-order valence-corrected chi connectivity index (χ1v) is 4.49. The normalized spacial score (nSPS) is 9.64. The molecule has 1 aromatic rings. The Morgan fingerprint density at radius 1 is 1.50 bits per heavy atom. The van der Waals surface area contributed by atoms with E-state index in [-0.39, 0.29) is 19.0 Å². The van der Waals surface area contributed by atoms with Crippen LogP contribution >= 0.6 is 13.5 Å². The molecule has 84 valence electrons. The van der Waals surface area contributed by atoms with Gasteiger partial charge in [0.15, 0.2) is 0 Å². The zero-order valence-electron chi connectivity index (χ0n) is 9.21. The highest BCUT2D eigenvalue weighted by atomic mass is 32.1. The van der Waals surface area contributed by atoms with E-state index in [0.717, 1.165) is 12.2 Å². The maximum absolute atomic E-state index is 5.20. The van der Waals surface area contributed by atoms with Gasteiger partial charge in [0, 0.05) is 5.92 Å². The van der Waals surface area contributed by atoms with Crippen molar-refractivity contribution in [3.63, 3.8) is 0 Å². The third-order valence-corrected chi connectivity index (χ3v) is 1.55. The Kier molecular flexibility index (Phi) is 16.7. The van der Waals surface area contributed by atoms with Crippen LogP contribution in [-0.4, -0.2) is 5.48 Å². The quantitative estimate of drug-likeness (QED) is 0.718. The van der Waals surface area contributed by atoms with Crippen LogP contribution in [0.25, 0.3) is 0 Å². The SMILES string of the molecule is C=CCC(C)c1ccco1.CC.O.S. The average molecular weight is 218 g/mol. The van der Waals surface area contributed by atoms with E-state index < -0.39 is 0 Å². The van der Waals surface area contributed by atoms with Crippen molar-refractivity contribution in [1.82, 2.24) is 0 Å². The Hall–Kier alpha value is -0.670. The molecule has 0 bridgehead atoms. The fourth-order valence-corrected chi connectivity index (χ4v) is 0.938. The molecule has 0 amide bonds. The van der Waals surface area contributed by atoms with Crippen molar-refractivity contribution in [2.45, 2.75) is 33.1 Å². The number of hydrogen-bond acceptors (Lipinski definition) is 1. The van der Waals surface area contributed by atoms with E-state index in [1.165, 1.54) is 0 Å². The molecule has 0 radical (unpaired) electrons. The summed E-state index contributed by atoms with van der Waals surface area (Å²) in [5.41, 5.74) is 0. The summed E-state index contributed by atoms with van der Waals surface area (Å²) >= 11 is 0. The lowest BCUT2D eigenvalue weighted by Gasteiger charge is -2.02. The predicted octanol–water partition coefficient (Wildman–Crippen LogP) is 3.27. The Morgan fingerprint density at radius 3 is 2.43 bits per heavy atom. The molecule has 0 aromatic carbocycles. The highest BCUT2D eigenvalue weighted by molar-refractivity contribution is 7.59. The highest BCUT2D eigenvalue weighted by Gasteiger charge is 2.04. The van der Waals surface area contributed by atoms with E-state index in [1.807, 2.05) is 32.1 Å². The number of allylic oxidation sites excluding steroid dienone is 1. The minimum absolute atomic E-state index is 0. The van der Waals surface area contributed by atoms with Gasteiger partial charge in [0.2, 0.25) is 0 Å². The highest BCUT2D eigenvalue weighted by Crippen LogP contribution is 2.18. The predicted molar refractivity (Wildman–Crippen MR) is 67.3 cm³/mol. The smallest absolute Gasteiger partial charge is 0.106 e. The zero-order valence-corrected chi connectivity index (χ0v) is 10.2. The van der Waals surface area contributed by atoms with E-state index in [9.17, 15) is 0 Å². The molecule has 0 fully saturated rings. The van der Waals surface area contributed by atoms with Gasteiger partial charge in [-0.2, -0.15) is 13.5 Å². The van der Waals surface area contributed by atoms with E-state index in [2.05, 4.69) is 13.5 Å². The second-order valence-corrected chi connectivity index (χ2v) is 2.44. The maximum atomic E-state index is 5.20. The second-order valence-electron chi connectivity index (χ2n) is 2.44. The van der Waals surface area contributed by atoms with Crippen molar-refractivity contribution in [3.05, 3.63) is 36.8 Å². The molecule has 0 spiro atoms. The summed E-state index contributed by atoms with van der Waals surface area (Å²) in [5, 5.41) is 0. The van der Waals surface area contributed by atoms with Crippen LogP contribution in [0.2, 0.25) is 0 Å². The van der Waals surface area contributed by atoms with Crippen LogP contribution in [0.5, 0.6) is 0 Å². The summed E-state index contributed by atoms with van der Waals surface area (Å²) in [7, 11) is 0. The van der Waals surface area contributed by atoms with E-state index >= 15 is 0 Å². The van der Waals surface area contributed by atoms with Crippen molar-refractivity contribution >= 4 is 13.5 Å². The molecule has 1 heterocycles. The number of hydrogen-bond donors (Lipinski definition) is 0. The molecule has 3 heteroatoms. The van der Waals surface area contributed by atoms with Gasteiger partial charge in [-0.25, -0.2) is 0 Å². The van der Waals surface area contributed by atoms with Crippen LogP contribution in [0.15, 0.2) is 35.5 Å². The lowest BCUT2D eigenvalue weighted by Crippen LogP contribution is -1.86. The Morgan fingerprint density at radius 2 is 2.07 bits per heavy atom. The number of furan rings is 1. The van der Waals surface area contributed by atoms with E-state index in [0.29, 0.717) is 5.92 Å². The summed E-state index contributed by atoms with van der Waals surface area (Å²) in [6.45, 7) is 9.79. The third kappa shape index (κ3) is 6.80. The maximum Gasteiger partial charge on any atom is 0.106 e. The van der Waals surface area contributed by atoms with Crippen molar-refractivity contribution in [2.24, 2.45) is 0 Å². The molecule has 0 saturated carbocycles. The van der Waals surface area contributed by atoms with Gasteiger partial charge in [-0.05, 0) is 18.6 Å². The lowest BCUT2D eigenvalue weighted by atomic mass is 10.1. The molecule has 2 nitrogen and oxygen atoms in total. The van der Waals surface area contributed by atoms with Crippen molar-refractivity contribution < 1.29 is 9.89 Å². The summed E-state index contributed by atoms with van der Waals surface area (Å²) in [6.07, 6.45) is 4.59. The molecule has 2 N–H and O–H groups in total. The van der Waals surface area contributed by atoms with Crippen LogP contribution in [0, 0.1) is 0 Å². The average Bonchev–Trinajstić information content (AvgIpc) is 2.60. The van der Waals surface area contributed by atoms with E-state index in [4.69, 9.17) is 4.42 Å². The fourth-order valence-electron chi connectivity index (χ4n) is 0.938. The standard InChI is InChI=1S/C9H12O.C2H6.H2O.H2S/c1-3-5-8(2)9-6-4-7-10-9;1-2;;/h3-4,6-8H,1,5H2,2H3;1-2H3;2*1H2. The molecule has 0 saturated heterocycles. The molecule has 14 heavy (non-hydrogen) atoms. The minimum Gasteiger partial charge on any atom is -0.469 e. The molecule has 1 atom stereocenters. The lowest BCUT2D eigenvalue weighted by molar-refractivity contribution is 0.476. The molecule has 0 aliphatic carbocycles. The zero-order chi connectivity index (χ0) is 9.40. The first-order chi connectivity index (χ1) is 5.84. The molecule has 0 aliphatic heterocycles. The Bertz CT molecular complexity index is 195. The van der Waals surface area contributed by atoms with Gasteiger partial charge in [-0.1, -0.05) is 26.8 Å². The van der Waals surface area contributed by atoms with Crippen LogP contribution < -0.4 is 0 Å². The van der Waals surface area contributed by atoms with Gasteiger partial charge in [-0.3, -0.25) is 0 Å². The molecule has 1 rings (SSSR count). The van der Waals surface area contributed by atoms with Gasteiger partial charge < -0.3 is 9.89 Å². The largest absolute Gasteiger partial charge is 0.469 e. The van der Waals surface area contributed by atoms with Gasteiger partial charge in [-0.15, -0.1) is 6.58 Å². The van der Waals surface area contributed by atoms with Gasteiger partial charge in [0.1, 0.15) is 5.76 Å². The monoisotopic (exact) mass is 218 g/mol. The summed E-state index contributed by atoms with van der Waals surface area (Å²) in [4.78, 5) is 0. The van der Waals surface area contributed by atoms with Crippen molar-refractivity contribution in [1.29, 1.82) is 0 Å². The van der Waals surface area contributed by atoms with Crippen LogP contribution in [-0.2, 0) is 0 Å². The summed E-state index contributed by atoms with van der Waals surface area (Å²) < 4.78 is 5.20. The van der Waals surface area contributed by atoms with Crippen LogP contribution in [0.4, 0.5) is 0 Å². The molecule has 0 aliphatic rings. The molecule has 1 aromatic heterocycles. The number of rotatable bonds is 3. The van der Waals surface area contributed by atoms with Gasteiger partial charge >= 0.3 is 0 Å². The van der Waals surface area contributed by atoms with Crippen molar-refractivity contribution in [3.8, 4) is 0 Å². The Labute approximate surface area is 93.8 Å².